The average Bonchev–Trinajstić information content (AvgIpc) is 2.26. The lowest BCUT2D eigenvalue weighted by molar-refractivity contribution is -0.130. The maximum Gasteiger partial charge on any atom is 0.221 e. The maximum atomic E-state index is 12.0. The molecule has 1 heterocycles. The average molecular weight is 283 g/mol. The number of likely N-dealkylation sites (tertiary alicyclic amines) is 1. The van der Waals surface area contributed by atoms with Crippen LogP contribution in [0.4, 0.5) is 0 Å². The fourth-order valence-corrected chi connectivity index (χ4v) is 2.72. The summed E-state index contributed by atoms with van der Waals surface area (Å²) in [6.45, 7) is 9.43. The van der Waals surface area contributed by atoms with Crippen molar-refractivity contribution in [3.63, 3.8) is 0 Å². The van der Waals surface area contributed by atoms with Gasteiger partial charge in [-0.2, -0.15) is 0 Å². The van der Waals surface area contributed by atoms with Crippen LogP contribution in [0.2, 0.25) is 0 Å². The third-order valence-electron chi connectivity index (χ3n) is 3.63. The second-order valence-corrected chi connectivity index (χ2v) is 7.08. The molecule has 0 spiro atoms. The van der Waals surface area contributed by atoms with Gasteiger partial charge in [-0.25, -0.2) is 0 Å². The van der Waals surface area contributed by atoms with Gasteiger partial charge < -0.3 is 16.0 Å². The molecule has 1 aliphatic rings. The Labute approximate surface area is 122 Å². The van der Waals surface area contributed by atoms with Crippen LogP contribution in [0.3, 0.4) is 0 Å². The first kappa shape index (κ1) is 17.0. The van der Waals surface area contributed by atoms with Crippen LogP contribution in [0, 0.1) is 5.41 Å². The number of nitrogens with two attached hydrogens (primary N) is 1. The van der Waals surface area contributed by atoms with Crippen LogP contribution in [0.25, 0.3) is 0 Å². The highest BCUT2D eigenvalue weighted by Crippen LogP contribution is 2.21. The Kier molecular flexibility index (Phi) is 5.99. The molecule has 1 atom stereocenters. The zero-order valence-corrected chi connectivity index (χ0v) is 13.2. The SMILES string of the molecule is CC(=O)N1CCC(NC(=O)CC(N)CC(C)(C)C)CC1. The molecule has 0 bridgehead atoms. The predicted molar refractivity (Wildman–Crippen MR) is 80.1 cm³/mol. The lowest BCUT2D eigenvalue weighted by Crippen LogP contribution is -2.47. The van der Waals surface area contributed by atoms with Crippen molar-refractivity contribution in [1.29, 1.82) is 0 Å². The minimum absolute atomic E-state index is 0.0306. The Bertz CT molecular complexity index is 342. The molecule has 0 aromatic rings. The van der Waals surface area contributed by atoms with Gasteiger partial charge >= 0.3 is 0 Å². The summed E-state index contributed by atoms with van der Waals surface area (Å²) in [6, 6.07) is 0.0900. The molecule has 1 unspecified atom stereocenters. The van der Waals surface area contributed by atoms with Gasteiger partial charge in [-0.05, 0) is 24.7 Å². The molecule has 3 N–H and O–H groups in total. The minimum Gasteiger partial charge on any atom is -0.353 e. The van der Waals surface area contributed by atoms with Gasteiger partial charge in [-0.3, -0.25) is 9.59 Å². The van der Waals surface area contributed by atoms with Crippen molar-refractivity contribution >= 4 is 11.8 Å². The Morgan fingerprint density at radius 2 is 1.85 bits per heavy atom. The van der Waals surface area contributed by atoms with Crippen LogP contribution in [0.15, 0.2) is 0 Å². The predicted octanol–water partition coefficient (Wildman–Crippen LogP) is 1.27. The summed E-state index contributed by atoms with van der Waals surface area (Å²) >= 11 is 0. The molecular weight excluding hydrogens is 254 g/mol. The number of piperidine rings is 1. The van der Waals surface area contributed by atoms with Crippen molar-refractivity contribution in [3.05, 3.63) is 0 Å². The van der Waals surface area contributed by atoms with Crippen molar-refractivity contribution in [2.24, 2.45) is 11.1 Å². The third kappa shape index (κ3) is 6.37. The third-order valence-corrected chi connectivity index (χ3v) is 3.63. The van der Waals surface area contributed by atoms with E-state index in [9.17, 15) is 9.59 Å². The Morgan fingerprint density at radius 1 is 1.30 bits per heavy atom. The van der Waals surface area contributed by atoms with Crippen molar-refractivity contribution in [1.82, 2.24) is 10.2 Å². The molecular formula is C15H29N3O2. The minimum atomic E-state index is -0.0905. The van der Waals surface area contributed by atoms with E-state index < -0.39 is 0 Å². The van der Waals surface area contributed by atoms with E-state index in [1.807, 2.05) is 4.90 Å². The molecule has 0 saturated carbocycles. The van der Waals surface area contributed by atoms with Crippen LogP contribution in [-0.4, -0.2) is 41.9 Å². The highest BCUT2D eigenvalue weighted by Gasteiger charge is 2.23. The second-order valence-electron chi connectivity index (χ2n) is 7.08. The summed E-state index contributed by atoms with van der Waals surface area (Å²) in [5.74, 6) is 0.144. The fraction of sp³-hybridized carbons (Fsp3) is 0.867. The van der Waals surface area contributed by atoms with E-state index in [4.69, 9.17) is 5.73 Å². The van der Waals surface area contributed by atoms with Crippen molar-refractivity contribution in [2.45, 2.75) is 65.5 Å². The molecule has 1 fully saturated rings. The first-order chi connectivity index (χ1) is 9.17. The van der Waals surface area contributed by atoms with Gasteiger partial charge in [0.2, 0.25) is 11.8 Å². The fourth-order valence-electron chi connectivity index (χ4n) is 2.72. The standard InChI is InChI=1S/C15H29N3O2/c1-11(19)18-7-5-13(6-8-18)17-14(20)9-12(16)10-15(2,3)4/h12-13H,5-10,16H2,1-4H3,(H,17,20). The van der Waals surface area contributed by atoms with E-state index in [0.717, 1.165) is 32.4 Å². The van der Waals surface area contributed by atoms with Crippen LogP contribution in [-0.2, 0) is 9.59 Å². The van der Waals surface area contributed by atoms with E-state index in [0.29, 0.717) is 6.42 Å². The van der Waals surface area contributed by atoms with Crippen LogP contribution < -0.4 is 11.1 Å². The number of hydrogen-bond acceptors (Lipinski definition) is 3. The molecule has 2 amide bonds. The summed E-state index contributed by atoms with van der Waals surface area (Å²) in [5, 5.41) is 3.04. The van der Waals surface area contributed by atoms with Gasteiger partial charge in [-0.15, -0.1) is 0 Å². The van der Waals surface area contributed by atoms with Gasteiger partial charge in [0.05, 0.1) is 0 Å². The second kappa shape index (κ2) is 7.07. The van der Waals surface area contributed by atoms with Crippen LogP contribution >= 0.6 is 0 Å². The van der Waals surface area contributed by atoms with E-state index in [1.54, 1.807) is 6.92 Å². The number of carbonyl (C=O) groups is 2. The van der Waals surface area contributed by atoms with Crippen molar-refractivity contribution in [2.75, 3.05) is 13.1 Å². The van der Waals surface area contributed by atoms with Crippen molar-refractivity contribution in [3.8, 4) is 0 Å². The van der Waals surface area contributed by atoms with E-state index in [2.05, 4.69) is 26.1 Å². The highest BCUT2D eigenvalue weighted by atomic mass is 16.2. The quantitative estimate of drug-likeness (QED) is 0.816. The zero-order valence-electron chi connectivity index (χ0n) is 13.2. The van der Waals surface area contributed by atoms with Crippen molar-refractivity contribution < 1.29 is 9.59 Å². The van der Waals surface area contributed by atoms with Gasteiger partial charge in [0, 0.05) is 38.5 Å². The largest absolute Gasteiger partial charge is 0.353 e. The maximum absolute atomic E-state index is 12.0. The molecule has 5 heteroatoms. The molecule has 1 aliphatic heterocycles. The molecule has 0 aromatic heterocycles. The molecule has 1 saturated heterocycles. The number of amides is 2. The Balaban J connectivity index is 2.28. The number of nitrogens with one attached hydrogen (secondary N) is 1. The lowest BCUT2D eigenvalue weighted by Gasteiger charge is -2.32. The summed E-state index contributed by atoms with van der Waals surface area (Å²) < 4.78 is 0. The van der Waals surface area contributed by atoms with E-state index in [1.165, 1.54) is 0 Å². The number of carbonyl (C=O) groups excluding carboxylic acids is 2. The van der Waals surface area contributed by atoms with Gasteiger partial charge in [0.25, 0.3) is 0 Å². The number of rotatable bonds is 4. The van der Waals surface area contributed by atoms with Gasteiger partial charge in [-0.1, -0.05) is 20.8 Å². The first-order valence-electron chi connectivity index (χ1n) is 7.48. The van der Waals surface area contributed by atoms with E-state index in [-0.39, 0.29) is 29.3 Å². The molecule has 20 heavy (non-hydrogen) atoms. The van der Waals surface area contributed by atoms with Gasteiger partial charge in [0.15, 0.2) is 0 Å². The molecule has 0 aliphatic carbocycles. The van der Waals surface area contributed by atoms with Gasteiger partial charge in [0.1, 0.15) is 0 Å². The molecule has 0 aromatic carbocycles. The summed E-state index contributed by atoms with van der Waals surface area (Å²) in [7, 11) is 0. The Morgan fingerprint density at radius 3 is 2.30 bits per heavy atom. The normalized spacial score (nSPS) is 18.8. The monoisotopic (exact) mass is 283 g/mol. The van der Waals surface area contributed by atoms with Crippen LogP contribution in [0.5, 0.6) is 0 Å². The zero-order chi connectivity index (χ0) is 15.3. The smallest absolute Gasteiger partial charge is 0.221 e. The number of hydrogen-bond donors (Lipinski definition) is 2. The summed E-state index contributed by atoms with van der Waals surface area (Å²) in [6.07, 6.45) is 2.88. The molecule has 116 valence electrons. The van der Waals surface area contributed by atoms with E-state index >= 15 is 0 Å². The summed E-state index contributed by atoms with van der Waals surface area (Å²) in [5.41, 5.74) is 6.16. The first-order valence-corrected chi connectivity index (χ1v) is 7.48. The Hall–Kier alpha value is -1.10. The highest BCUT2D eigenvalue weighted by molar-refractivity contribution is 5.77. The molecule has 1 rings (SSSR count). The topological polar surface area (TPSA) is 75.4 Å². The van der Waals surface area contributed by atoms with Crippen LogP contribution in [0.1, 0.15) is 53.4 Å². The molecule has 0 radical (unpaired) electrons. The lowest BCUT2D eigenvalue weighted by atomic mass is 9.87. The number of nitrogens with zero attached hydrogens (tertiary/aromatic N) is 1. The molecule has 5 nitrogen and oxygen atoms in total. The summed E-state index contributed by atoms with van der Waals surface area (Å²) in [4.78, 5) is 25.0.